The molecular formula is C13H14Cl2N2O3. The highest BCUT2D eigenvalue weighted by Crippen LogP contribution is 2.35. The summed E-state index contributed by atoms with van der Waals surface area (Å²) in [6, 6.07) is 4.55. The van der Waals surface area contributed by atoms with Crippen LogP contribution in [0.2, 0.25) is 10.0 Å². The van der Waals surface area contributed by atoms with Gasteiger partial charge in [-0.05, 0) is 32.9 Å². The summed E-state index contributed by atoms with van der Waals surface area (Å²) in [6.45, 7) is 5.09. The van der Waals surface area contributed by atoms with Crippen LogP contribution in [-0.2, 0) is 9.53 Å². The normalized spacial score (nSPS) is 12.4. The molecule has 0 saturated carbocycles. The first-order chi connectivity index (χ1) is 9.19. The number of carbonyl (C=O) groups excluding carboxylic acids is 1. The van der Waals surface area contributed by atoms with Gasteiger partial charge in [0.05, 0.1) is 11.8 Å². The Morgan fingerprint density at radius 3 is 2.25 bits per heavy atom. The van der Waals surface area contributed by atoms with Gasteiger partial charge >= 0.3 is 5.97 Å². The number of esters is 1. The van der Waals surface area contributed by atoms with Gasteiger partial charge in [0.1, 0.15) is 5.60 Å². The van der Waals surface area contributed by atoms with Gasteiger partial charge in [-0.3, -0.25) is 15.5 Å². The minimum absolute atomic E-state index is 0.0893. The second-order valence-electron chi connectivity index (χ2n) is 5.06. The van der Waals surface area contributed by atoms with E-state index in [-0.39, 0.29) is 21.3 Å². The molecule has 0 bridgehead atoms. The second-order valence-corrected chi connectivity index (χ2v) is 5.88. The number of carbonyl (C=O) groups is 1. The molecule has 0 saturated heterocycles. The van der Waals surface area contributed by atoms with Crippen molar-refractivity contribution in [2.45, 2.75) is 32.3 Å². The maximum Gasteiger partial charge on any atom is 0.328 e. The predicted molar refractivity (Wildman–Crippen MR) is 76.1 cm³/mol. The van der Waals surface area contributed by atoms with E-state index in [2.05, 4.69) is 0 Å². The Kier molecular flexibility index (Phi) is 5.23. The zero-order chi connectivity index (χ0) is 15.5. The molecule has 20 heavy (non-hydrogen) atoms. The number of hydrogen-bond acceptors (Lipinski definition) is 5. The summed E-state index contributed by atoms with van der Waals surface area (Å²) in [4.78, 5) is 12.0. The van der Waals surface area contributed by atoms with Crippen molar-refractivity contribution in [2.75, 3.05) is 5.48 Å². The summed E-state index contributed by atoms with van der Waals surface area (Å²) in [5.41, 5.74) is 1.58. The molecule has 0 aliphatic carbocycles. The molecule has 1 aromatic rings. The van der Waals surface area contributed by atoms with Crippen molar-refractivity contribution in [1.82, 2.24) is 0 Å². The second kappa shape index (κ2) is 6.31. The highest BCUT2D eigenvalue weighted by Gasteiger charge is 2.30. The molecule has 1 rings (SSSR count). The van der Waals surface area contributed by atoms with E-state index >= 15 is 0 Å². The predicted octanol–water partition coefficient (Wildman–Crippen LogP) is 3.74. The first kappa shape index (κ1) is 16.6. The number of anilines is 1. The van der Waals surface area contributed by atoms with Gasteiger partial charge in [-0.2, -0.15) is 5.26 Å². The Labute approximate surface area is 127 Å². The van der Waals surface area contributed by atoms with Crippen LogP contribution in [0.3, 0.4) is 0 Å². The average Bonchev–Trinajstić information content (AvgIpc) is 2.30. The molecule has 2 N–H and O–H groups in total. The Morgan fingerprint density at radius 2 is 1.90 bits per heavy atom. The number of nitriles is 1. The van der Waals surface area contributed by atoms with Gasteiger partial charge in [-0.25, -0.2) is 0 Å². The lowest BCUT2D eigenvalue weighted by molar-refractivity contribution is -0.155. The fourth-order valence-corrected chi connectivity index (χ4v) is 2.23. The van der Waals surface area contributed by atoms with Crippen molar-refractivity contribution >= 4 is 34.9 Å². The van der Waals surface area contributed by atoms with Crippen molar-refractivity contribution in [3.05, 3.63) is 27.7 Å². The lowest BCUT2D eigenvalue weighted by Crippen LogP contribution is -2.27. The van der Waals surface area contributed by atoms with Crippen LogP contribution in [0.25, 0.3) is 0 Å². The van der Waals surface area contributed by atoms with E-state index in [0.29, 0.717) is 0 Å². The van der Waals surface area contributed by atoms with E-state index in [1.54, 1.807) is 20.8 Å². The lowest BCUT2D eigenvalue weighted by Gasteiger charge is -2.22. The van der Waals surface area contributed by atoms with Gasteiger partial charge < -0.3 is 4.74 Å². The van der Waals surface area contributed by atoms with Crippen LogP contribution in [-0.4, -0.2) is 16.8 Å². The number of halogens is 2. The van der Waals surface area contributed by atoms with Crippen LogP contribution >= 0.6 is 23.2 Å². The van der Waals surface area contributed by atoms with E-state index in [1.807, 2.05) is 11.5 Å². The number of hydrogen-bond donors (Lipinski definition) is 2. The molecule has 0 amide bonds. The zero-order valence-electron chi connectivity index (χ0n) is 11.2. The SMILES string of the molecule is CC(C)(C)OC(=O)C(C#N)c1c(Cl)cc(NO)cc1Cl. The molecule has 1 unspecified atom stereocenters. The fraction of sp³-hybridized carbons (Fsp3) is 0.385. The summed E-state index contributed by atoms with van der Waals surface area (Å²) < 4.78 is 5.17. The third-order valence-corrected chi connectivity index (χ3v) is 2.89. The number of nitrogens with one attached hydrogen (secondary N) is 1. The highest BCUT2D eigenvalue weighted by molar-refractivity contribution is 6.37. The first-order valence-electron chi connectivity index (χ1n) is 5.71. The topological polar surface area (TPSA) is 82.4 Å². The van der Waals surface area contributed by atoms with Gasteiger partial charge in [0.15, 0.2) is 5.92 Å². The Hall–Kier alpha value is -1.48. The van der Waals surface area contributed by atoms with Crippen molar-refractivity contribution in [2.24, 2.45) is 0 Å². The number of nitrogens with zero attached hydrogens (tertiary/aromatic N) is 1. The molecule has 0 heterocycles. The largest absolute Gasteiger partial charge is 0.459 e. The minimum atomic E-state index is -1.23. The molecule has 1 aromatic carbocycles. The zero-order valence-corrected chi connectivity index (χ0v) is 12.7. The minimum Gasteiger partial charge on any atom is -0.459 e. The molecule has 0 aromatic heterocycles. The van der Waals surface area contributed by atoms with Gasteiger partial charge in [0.25, 0.3) is 0 Å². The van der Waals surface area contributed by atoms with Crippen LogP contribution in [0.4, 0.5) is 5.69 Å². The van der Waals surface area contributed by atoms with E-state index in [0.717, 1.165) is 0 Å². The molecule has 0 aliphatic heterocycles. The molecule has 0 spiro atoms. The molecule has 5 nitrogen and oxygen atoms in total. The van der Waals surface area contributed by atoms with E-state index in [1.165, 1.54) is 12.1 Å². The van der Waals surface area contributed by atoms with Crippen LogP contribution in [0.15, 0.2) is 12.1 Å². The maximum atomic E-state index is 12.0. The Bertz CT molecular complexity index is 539. The monoisotopic (exact) mass is 316 g/mol. The lowest BCUT2D eigenvalue weighted by atomic mass is 9.99. The van der Waals surface area contributed by atoms with Crippen LogP contribution in [0, 0.1) is 11.3 Å². The van der Waals surface area contributed by atoms with Crippen molar-refractivity contribution < 1.29 is 14.7 Å². The summed E-state index contributed by atoms with van der Waals surface area (Å²) in [5, 5.41) is 18.2. The first-order valence-corrected chi connectivity index (χ1v) is 6.46. The number of rotatable bonds is 3. The van der Waals surface area contributed by atoms with Crippen LogP contribution in [0.1, 0.15) is 32.3 Å². The van der Waals surface area contributed by atoms with E-state index in [9.17, 15) is 10.1 Å². The molecule has 0 radical (unpaired) electrons. The van der Waals surface area contributed by atoms with Gasteiger partial charge in [0.2, 0.25) is 0 Å². The number of benzene rings is 1. The highest BCUT2D eigenvalue weighted by atomic mass is 35.5. The summed E-state index contributed by atoms with van der Waals surface area (Å²) in [5.74, 6) is -1.96. The van der Waals surface area contributed by atoms with Crippen LogP contribution < -0.4 is 5.48 Å². The summed E-state index contributed by atoms with van der Waals surface area (Å²) in [6.07, 6.45) is 0. The summed E-state index contributed by atoms with van der Waals surface area (Å²) in [7, 11) is 0. The Morgan fingerprint density at radius 1 is 1.40 bits per heavy atom. The molecule has 0 aliphatic rings. The molecule has 108 valence electrons. The van der Waals surface area contributed by atoms with Gasteiger partial charge in [-0.15, -0.1) is 0 Å². The smallest absolute Gasteiger partial charge is 0.328 e. The van der Waals surface area contributed by atoms with Crippen molar-refractivity contribution in [3.63, 3.8) is 0 Å². The van der Waals surface area contributed by atoms with Gasteiger partial charge in [0, 0.05) is 15.6 Å². The van der Waals surface area contributed by atoms with Crippen LogP contribution in [0.5, 0.6) is 0 Å². The van der Waals surface area contributed by atoms with E-state index < -0.39 is 17.5 Å². The average molecular weight is 317 g/mol. The fourth-order valence-electron chi connectivity index (χ4n) is 1.52. The third-order valence-electron chi connectivity index (χ3n) is 2.27. The van der Waals surface area contributed by atoms with Crippen molar-refractivity contribution in [3.8, 4) is 6.07 Å². The van der Waals surface area contributed by atoms with E-state index in [4.69, 9.17) is 33.1 Å². The van der Waals surface area contributed by atoms with Gasteiger partial charge in [-0.1, -0.05) is 23.2 Å². The molecule has 0 fully saturated rings. The van der Waals surface area contributed by atoms with Crippen molar-refractivity contribution in [1.29, 1.82) is 5.26 Å². The Balaban J connectivity index is 3.21. The summed E-state index contributed by atoms with van der Waals surface area (Å²) >= 11 is 12.0. The maximum absolute atomic E-state index is 12.0. The standard InChI is InChI=1S/C13H14Cl2N2O3/c1-13(2,3)20-12(18)8(6-16)11-9(14)4-7(17-19)5-10(11)15/h4-5,8,17,19H,1-3H3. The molecule has 7 heteroatoms. The molecular weight excluding hydrogens is 303 g/mol. The third kappa shape index (κ3) is 4.01. The molecule has 1 atom stereocenters. The number of ether oxygens (including phenoxy) is 1. The quantitative estimate of drug-likeness (QED) is 0.655.